The number of hydrogen-bond acceptors (Lipinski definition) is 5. The van der Waals surface area contributed by atoms with Crippen LogP contribution in [0.15, 0.2) is 54.6 Å². The SMILES string of the molecule is CC(C)(C)CC(C)(C)N1CC=C[C@]23S[C@H]4C=CCN(c5ccccc5)C(=O)[C@H]4[C@H]2C(=O)N(CCO)C3C1=O. The molecule has 0 bridgehead atoms. The van der Waals surface area contributed by atoms with Crippen LogP contribution in [0.1, 0.15) is 41.0 Å². The first kappa shape index (κ1) is 27.0. The number of benzene rings is 1. The van der Waals surface area contributed by atoms with Gasteiger partial charge in [0, 0.05) is 36.1 Å². The molecular formula is C30H39N3O4S. The van der Waals surface area contributed by atoms with E-state index in [1.54, 1.807) is 21.6 Å². The Morgan fingerprint density at radius 3 is 2.34 bits per heavy atom. The van der Waals surface area contributed by atoms with Gasteiger partial charge < -0.3 is 19.8 Å². The third-order valence-electron chi connectivity index (χ3n) is 8.26. The lowest BCUT2D eigenvalue weighted by atomic mass is 9.77. The zero-order valence-electron chi connectivity index (χ0n) is 23.0. The molecule has 2 saturated heterocycles. The number of likely N-dealkylation sites (tertiary alicyclic amines) is 1. The van der Waals surface area contributed by atoms with Crippen LogP contribution in [0.5, 0.6) is 0 Å². The first-order chi connectivity index (χ1) is 17.9. The van der Waals surface area contributed by atoms with Gasteiger partial charge in [-0.05, 0) is 37.8 Å². The summed E-state index contributed by atoms with van der Waals surface area (Å²) in [6.07, 6.45) is 8.91. The fourth-order valence-corrected chi connectivity index (χ4v) is 9.27. The molecule has 5 atom stereocenters. The van der Waals surface area contributed by atoms with Crippen molar-refractivity contribution in [3.63, 3.8) is 0 Å². The molecule has 1 spiro atoms. The smallest absolute Gasteiger partial charge is 0.247 e. The van der Waals surface area contributed by atoms with Crippen LogP contribution < -0.4 is 4.90 Å². The van der Waals surface area contributed by atoms with Crippen LogP contribution in [0.4, 0.5) is 5.69 Å². The number of fused-ring (bicyclic) bond motifs is 2. The second-order valence-electron chi connectivity index (χ2n) is 12.7. The van der Waals surface area contributed by atoms with E-state index < -0.39 is 28.2 Å². The fourth-order valence-electron chi connectivity index (χ4n) is 7.26. The van der Waals surface area contributed by atoms with Crippen molar-refractivity contribution in [2.24, 2.45) is 17.3 Å². The van der Waals surface area contributed by atoms with Crippen LogP contribution in [0.3, 0.4) is 0 Å². The van der Waals surface area contributed by atoms with Crippen molar-refractivity contribution in [1.82, 2.24) is 9.80 Å². The van der Waals surface area contributed by atoms with E-state index in [1.807, 2.05) is 53.5 Å². The molecule has 7 nitrogen and oxygen atoms in total. The second-order valence-corrected chi connectivity index (χ2v) is 14.2. The highest BCUT2D eigenvalue weighted by molar-refractivity contribution is 8.02. The van der Waals surface area contributed by atoms with Gasteiger partial charge in [0.1, 0.15) is 6.04 Å². The first-order valence-corrected chi connectivity index (χ1v) is 14.4. The van der Waals surface area contributed by atoms with E-state index in [0.717, 1.165) is 12.1 Å². The molecule has 1 N–H and O–H groups in total. The molecule has 4 heterocycles. The van der Waals surface area contributed by atoms with Crippen molar-refractivity contribution in [3.8, 4) is 0 Å². The molecule has 1 aromatic carbocycles. The van der Waals surface area contributed by atoms with Crippen LogP contribution >= 0.6 is 11.8 Å². The number of carbonyl (C=O) groups excluding carboxylic acids is 3. The summed E-state index contributed by atoms with van der Waals surface area (Å²) in [6.45, 7) is 11.4. The Balaban J connectivity index is 1.57. The summed E-state index contributed by atoms with van der Waals surface area (Å²) >= 11 is 1.57. The Hall–Kier alpha value is -2.58. The average Bonchev–Trinajstić information content (AvgIpc) is 3.13. The summed E-state index contributed by atoms with van der Waals surface area (Å²) in [5.74, 6) is -1.68. The zero-order valence-corrected chi connectivity index (χ0v) is 23.8. The molecule has 2 fully saturated rings. The number of hydrogen-bond donors (Lipinski definition) is 1. The van der Waals surface area contributed by atoms with Crippen LogP contribution in [-0.4, -0.2) is 80.4 Å². The Bertz CT molecular complexity index is 1170. The molecule has 0 radical (unpaired) electrons. The second kappa shape index (κ2) is 9.56. The molecule has 0 saturated carbocycles. The lowest BCUT2D eigenvalue weighted by molar-refractivity contribution is -0.146. The minimum absolute atomic E-state index is 0.00368. The zero-order chi connectivity index (χ0) is 27.5. The summed E-state index contributed by atoms with van der Waals surface area (Å²) in [5.41, 5.74) is 0.361. The third-order valence-corrected chi connectivity index (χ3v) is 10.0. The molecule has 0 aliphatic carbocycles. The van der Waals surface area contributed by atoms with Gasteiger partial charge in [-0.1, -0.05) is 63.3 Å². The summed E-state index contributed by atoms with van der Waals surface area (Å²) in [5, 5.41) is 9.71. The Morgan fingerprint density at radius 1 is 0.974 bits per heavy atom. The molecule has 3 amide bonds. The van der Waals surface area contributed by atoms with Gasteiger partial charge in [0.25, 0.3) is 0 Å². The predicted molar refractivity (Wildman–Crippen MR) is 151 cm³/mol. The van der Waals surface area contributed by atoms with E-state index in [1.165, 1.54) is 0 Å². The fraction of sp³-hybridized carbons (Fsp3) is 0.567. The Labute approximate surface area is 229 Å². The molecule has 38 heavy (non-hydrogen) atoms. The maximum Gasteiger partial charge on any atom is 0.247 e. The topological polar surface area (TPSA) is 81.2 Å². The van der Waals surface area contributed by atoms with E-state index in [9.17, 15) is 19.5 Å². The number of aliphatic hydroxyl groups excluding tert-OH is 1. The molecule has 4 aliphatic heterocycles. The number of para-hydroxylation sites is 1. The van der Waals surface area contributed by atoms with Gasteiger partial charge in [0.05, 0.1) is 23.2 Å². The quantitative estimate of drug-likeness (QED) is 0.582. The standard InChI is InChI=1S/C30H39N3O4S/c1-28(2,3)19-29(4,5)33-16-10-14-30-23(26(36)32(17-18-34)24(30)27(33)37)22-21(38-30)13-9-15-31(25(22)35)20-11-7-6-8-12-20/h6-14,21-24,34H,15-19H2,1-5H3/t21-,22+,23-,24?,30-/m0/s1. The number of aliphatic hydroxyl groups is 1. The van der Waals surface area contributed by atoms with Crippen molar-refractivity contribution >= 4 is 35.2 Å². The Morgan fingerprint density at radius 2 is 1.68 bits per heavy atom. The summed E-state index contributed by atoms with van der Waals surface area (Å²) < 4.78 is -0.870. The Kier molecular flexibility index (Phi) is 6.79. The van der Waals surface area contributed by atoms with Crippen LogP contribution in [0.2, 0.25) is 0 Å². The van der Waals surface area contributed by atoms with Crippen molar-refractivity contribution < 1.29 is 19.5 Å². The number of anilines is 1. The van der Waals surface area contributed by atoms with Gasteiger partial charge in [-0.25, -0.2) is 0 Å². The summed E-state index contributed by atoms with van der Waals surface area (Å²) in [4.78, 5) is 47.9. The van der Waals surface area contributed by atoms with E-state index in [-0.39, 0.29) is 41.5 Å². The van der Waals surface area contributed by atoms with E-state index in [0.29, 0.717) is 13.1 Å². The maximum absolute atomic E-state index is 14.5. The highest BCUT2D eigenvalue weighted by atomic mass is 32.2. The number of β-amino-alcohol motifs (C(OH)–C–C–N with tert-alkyl or cyclic N) is 1. The number of amides is 3. The van der Waals surface area contributed by atoms with E-state index in [2.05, 4.69) is 40.7 Å². The van der Waals surface area contributed by atoms with Gasteiger partial charge in [-0.3, -0.25) is 14.4 Å². The monoisotopic (exact) mass is 537 g/mol. The minimum atomic E-state index is -0.870. The van der Waals surface area contributed by atoms with Crippen LogP contribution in [0, 0.1) is 17.3 Å². The highest BCUT2D eigenvalue weighted by Gasteiger charge is 2.71. The number of rotatable bonds is 5. The van der Waals surface area contributed by atoms with E-state index in [4.69, 9.17) is 0 Å². The lowest BCUT2D eigenvalue weighted by Crippen LogP contribution is -2.59. The normalized spacial score (nSPS) is 31.3. The van der Waals surface area contributed by atoms with Crippen molar-refractivity contribution in [1.29, 1.82) is 0 Å². The minimum Gasteiger partial charge on any atom is -0.395 e. The molecule has 204 valence electrons. The van der Waals surface area contributed by atoms with Gasteiger partial charge in [-0.15, -0.1) is 11.8 Å². The summed E-state index contributed by atoms with van der Waals surface area (Å²) in [6, 6.07) is 8.77. The highest BCUT2D eigenvalue weighted by Crippen LogP contribution is 2.61. The van der Waals surface area contributed by atoms with Gasteiger partial charge in [-0.2, -0.15) is 0 Å². The number of thioether (sulfide) groups is 1. The molecule has 4 aliphatic rings. The summed E-state index contributed by atoms with van der Waals surface area (Å²) in [7, 11) is 0. The molecule has 8 heteroatoms. The largest absolute Gasteiger partial charge is 0.395 e. The maximum atomic E-state index is 14.5. The number of nitrogens with zero attached hydrogens (tertiary/aromatic N) is 3. The number of carbonyl (C=O) groups is 3. The van der Waals surface area contributed by atoms with E-state index >= 15 is 0 Å². The lowest BCUT2D eigenvalue weighted by Gasteiger charge is -2.44. The molecule has 1 unspecified atom stereocenters. The molecule has 0 aromatic heterocycles. The van der Waals surface area contributed by atoms with Crippen molar-refractivity contribution in [2.75, 3.05) is 31.1 Å². The predicted octanol–water partition coefficient (Wildman–Crippen LogP) is 3.49. The van der Waals surface area contributed by atoms with Crippen molar-refractivity contribution in [2.45, 2.75) is 62.6 Å². The van der Waals surface area contributed by atoms with Gasteiger partial charge in [0.2, 0.25) is 17.7 Å². The third kappa shape index (κ3) is 4.30. The average molecular weight is 538 g/mol. The van der Waals surface area contributed by atoms with Gasteiger partial charge in [0.15, 0.2) is 0 Å². The van der Waals surface area contributed by atoms with Crippen molar-refractivity contribution in [3.05, 3.63) is 54.6 Å². The van der Waals surface area contributed by atoms with Crippen LogP contribution in [-0.2, 0) is 14.4 Å². The molecule has 5 rings (SSSR count). The molecular weight excluding hydrogens is 498 g/mol. The van der Waals surface area contributed by atoms with Gasteiger partial charge >= 0.3 is 0 Å². The molecule has 1 aromatic rings. The first-order valence-electron chi connectivity index (χ1n) is 13.5. The van der Waals surface area contributed by atoms with Crippen LogP contribution in [0.25, 0.3) is 0 Å².